The van der Waals surface area contributed by atoms with Gasteiger partial charge in [-0.1, -0.05) is 29.8 Å². The Morgan fingerprint density at radius 3 is 2.50 bits per heavy atom. The predicted octanol–water partition coefficient (Wildman–Crippen LogP) is 5.13. The molecule has 0 fully saturated rings. The number of aryl methyl sites for hydroxylation is 1. The summed E-state index contributed by atoms with van der Waals surface area (Å²) < 4.78 is 12.4. The lowest BCUT2D eigenvalue weighted by atomic mass is 10.1. The van der Waals surface area contributed by atoms with E-state index >= 15 is 0 Å². The third kappa shape index (κ3) is 4.52. The van der Waals surface area contributed by atoms with E-state index in [2.05, 4.69) is 62.4 Å². The van der Waals surface area contributed by atoms with Crippen LogP contribution in [0.1, 0.15) is 16.7 Å². The summed E-state index contributed by atoms with van der Waals surface area (Å²) in [5.41, 5.74) is 5.59. The molecule has 0 atom stereocenters. The number of anilines is 1. The Hall–Kier alpha value is -3.19. The van der Waals surface area contributed by atoms with Crippen LogP contribution >= 0.6 is 15.9 Å². The van der Waals surface area contributed by atoms with Crippen LogP contribution in [0.15, 0.2) is 63.9 Å². The summed E-state index contributed by atoms with van der Waals surface area (Å²) in [5, 5.41) is 3.37. The Morgan fingerprint density at radius 1 is 0.967 bits per heavy atom. The highest BCUT2D eigenvalue weighted by Gasteiger charge is 2.12. The molecule has 154 valence electrons. The molecule has 0 radical (unpaired) electrons. The number of rotatable bonds is 7. The lowest BCUT2D eigenvalue weighted by Gasteiger charge is -2.15. The molecule has 0 amide bonds. The van der Waals surface area contributed by atoms with Gasteiger partial charge in [0.2, 0.25) is 0 Å². The zero-order valence-electron chi connectivity index (χ0n) is 16.7. The van der Waals surface area contributed by atoms with Crippen molar-refractivity contribution in [1.82, 2.24) is 9.97 Å². The van der Waals surface area contributed by atoms with Crippen LogP contribution in [-0.4, -0.2) is 17.1 Å². The van der Waals surface area contributed by atoms with E-state index in [1.54, 1.807) is 7.11 Å². The first kappa shape index (κ1) is 20.1. The second-order valence-corrected chi connectivity index (χ2v) is 7.93. The van der Waals surface area contributed by atoms with Gasteiger partial charge in [-0.05, 0) is 64.3 Å². The van der Waals surface area contributed by atoms with E-state index in [1.165, 1.54) is 5.56 Å². The molecule has 30 heavy (non-hydrogen) atoms. The Morgan fingerprint density at radius 2 is 1.73 bits per heavy atom. The quantitative estimate of drug-likeness (QED) is 0.352. The minimum atomic E-state index is -0.211. The normalized spacial score (nSPS) is 10.9. The average Bonchev–Trinajstić information content (AvgIpc) is 3.11. The molecular formula is C23H22BrN3O3. The molecule has 1 aromatic heterocycles. The molecule has 0 bridgehead atoms. The van der Waals surface area contributed by atoms with Crippen LogP contribution in [0.3, 0.4) is 0 Å². The number of aromatic nitrogens is 2. The molecule has 1 heterocycles. The molecule has 0 saturated heterocycles. The molecule has 6 nitrogen and oxygen atoms in total. The van der Waals surface area contributed by atoms with Gasteiger partial charge in [0.15, 0.2) is 11.5 Å². The summed E-state index contributed by atoms with van der Waals surface area (Å²) in [6.45, 7) is 3.11. The first-order valence-electron chi connectivity index (χ1n) is 9.52. The molecule has 3 aromatic carbocycles. The number of ether oxygens (including phenoxy) is 2. The van der Waals surface area contributed by atoms with Crippen LogP contribution in [0.5, 0.6) is 11.5 Å². The number of fused-ring (bicyclic) bond motifs is 1. The van der Waals surface area contributed by atoms with Crippen LogP contribution < -0.4 is 20.5 Å². The van der Waals surface area contributed by atoms with Crippen LogP contribution in [0.4, 0.5) is 5.69 Å². The minimum absolute atomic E-state index is 0.211. The zero-order chi connectivity index (χ0) is 21.1. The molecule has 0 saturated carbocycles. The number of halogens is 1. The molecule has 0 aliphatic heterocycles. The monoisotopic (exact) mass is 467 g/mol. The highest BCUT2D eigenvalue weighted by atomic mass is 79.9. The summed E-state index contributed by atoms with van der Waals surface area (Å²) in [5.74, 6) is 1.34. The summed E-state index contributed by atoms with van der Waals surface area (Å²) in [4.78, 5) is 16.9. The van der Waals surface area contributed by atoms with Crippen LogP contribution in [0, 0.1) is 6.92 Å². The first-order chi connectivity index (χ1) is 14.5. The van der Waals surface area contributed by atoms with Crippen LogP contribution in [-0.2, 0) is 13.2 Å². The van der Waals surface area contributed by atoms with Gasteiger partial charge in [-0.2, -0.15) is 0 Å². The van der Waals surface area contributed by atoms with Gasteiger partial charge < -0.3 is 24.8 Å². The fraction of sp³-hybridized carbons (Fsp3) is 0.174. The maximum Gasteiger partial charge on any atom is 0.323 e. The van der Waals surface area contributed by atoms with Gasteiger partial charge in [-0.15, -0.1) is 0 Å². The SMILES string of the molecule is COc1cc(CNc2ccc3[nH]c(=O)[nH]c3c2)cc(Br)c1OCc1ccc(C)cc1. The number of H-pyrrole nitrogens is 2. The minimum Gasteiger partial charge on any atom is -0.493 e. The lowest BCUT2D eigenvalue weighted by Crippen LogP contribution is -2.03. The number of imidazole rings is 1. The van der Waals surface area contributed by atoms with E-state index < -0.39 is 0 Å². The Kier molecular flexibility index (Phi) is 5.81. The van der Waals surface area contributed by atoms with Gasteiger partial charge in [0, 0.05) is 12.2 Å². The number of nitrogens with one attached hydrogen (secondary N) is 3. The van der Waals surface area contributed by atoms with Crippen molar-refractivity contribution in [2.24, 2.45) is 0 Å². The van der Waals surface area contributed by atoms with Crippen LogP contribution in [0.25, 0.3) is 11.0 Å². The number of benzene rings is 3. The van der Waals surface area contributed by atoms with Crippen molar-refractivity contribution >= 4 is 32.7 Å². The van der Waals surface area contributed by atoms with Gasteiger partial charge in [0.25, 0.3) is 0 Å². The number of hydrogen-bond acceptors (Lipinski definition) is 4. The fourth-order valence-corrected chi connectivity index (χ4v) is 3.81. The van der Waals surface area contributed by atoms with Crippen molar-refractivity contribution in [2.75, 3.05) is 12.4 Å². The van der Waals surface area contributed by atoms with Crippen molar-refractivity contribution in [2.45, 2.75) is 20.1 Å². The average molecular weight is 468 g/mol. The summed E-state index contributed by atoms with van der Waals surface area (Å²) in [6, 6.07) is 17.9. The van der Waals surface area contributed by atoms with E-state index in [-0.39, 0.29) is 5.69 Å². The highest BCUT2D eigenvalue weighted by Crippen LogP contribution is 2.37. The van der Waals surface area contributed by atoms with Crippen molar-refractivity contribution in [3.63, 3.8) is 0 Å². The van der Waals surface area contributed by atoms with Gasteiger partial charge in [0.05, 0.1) is 22.6 Å². The largest absolute Gasteiger partial charge is 0.493 e. The number of aromatic amines is 2. The van der Waals surface area contributed by atoms with E-state index in [1.807, 2.05) is 30.3 Å². The highest BCUT2D eigenvalue weighted by molar-refractivity contribution is 9.10. The van der Waals surface area contributed by atoms with E-state index in [9.17, 15) is 4.79 Å². The number of hydrogen-bond donors (Lipinski definition) is 3. The molecule has 0 aliphatic rings. The van der Waals surface area contributed by atoms with E-state index in [0.717, 1.165) is 32.3 Å². The molecule has 4 aromatic rings. The van der Waals surface area contributed by atoms with Gasteiger partial charge in [-0.3, -0.25) is 0 Å². The third-order valence-electron chi connectivity index (χ3n) is 4.81. The molecule has 0 unspecified atom stereocenters. The fourth-order valence-electron chi connectivity index (χ4n) is 3.20. The van der Waals surface area contributed by atoms with E-state index in [4.69, 9.17) is 9.47 Å². The van der Waals surface area contributed by atoms with Gasteiger partial charge in [-0.25, -0.2) is 4.79 Å². The second-order valence-electron chi connectivity index (χ2n) is 7.08. The lowest BCUT2D eigenvalue weighted by molar-refractivity contribution is 0.282. The van der Waals surface area contributed by atoms with Crippen molar-refractivity contribution in [3.8, 4) is 11.5 Å². The Bertz CT molecular complexity index is 1230. The van der Waals surface area contributed by atoms with E-state index in [0.29, 0.717) is 24.7 Å². The second kappa shape index (κ2) is 8.67. The van der Waals surface area contributed by atoms with Crippen molar-refractivity contribution < 1.29 is 9.47 Å². The summed E-state index contributed by atoms with van der Waals surface area (Å²) in [6.07, 6.45) is 0. The maximum atomic E-state index is 11.4. The molecule has 0 spiro atoms. The summed E-state index contributed by atoms with van der Waals surface area (Å²) in [7, 11) is 1.63. The third-order valence-corrected chi connectivity index (χ3v) is 5.39. The topological polar surface area (TPSA) is 79.1 Å². The zero-order valence-corrected chi connectivity index (χ0v) is 18.3. The predicted molar refractivity (Wildman–Crippen MR) is 122 cm³/mol. The smallest absolute Gasteiger partial charge is 0.323 e. The van der Waals surface area contributed by atoms with Crippen molar-refractivity contribution in [1.29, 1.82) is 0 Å². The number of methoxy groups -OCH3 is 1. The van der Waals surface area contributed by atoms with Gasteiger partial charge >= 0.3 is 5.69 Å². The Balaban J connectivity index is 1.47. The van der Waals surface area contributed by atoms with Crippen LogP contribution in [0.2, 0.25) is 0 Å². The first-order valence-corrected chi connectivity index (χ1v) is 10.3. The molecule has 7 heteroatoms. The van der Waals surface area contributed by atoms with Crippen molar-refractivity contribution in [3.05, 3.63) is 86.2 Å². The molecular weight excluding hydrogens is 446 g/mol. The van der Waals surface area contributed by atoms with Gasteiger partial charge in [0.1, 0.15) is 6.61 Å². The standard InChI is InChI=1S/C23H22BrN3O3/c1-14-3-5-15(6-4-14)13-30-22-18(24)9-16(10-21(22)29-2)12-25-17-7-8-19-20(11-17)27-23(28)26-19/h3-11,25H,12-13H2,1-2H3,(H2,26,27,28). The maximum absolute atomic E-state index is 11.4. The molecule has 0 aliphatic carbocycles. The molecule has 3 N–H and O–H groups in total. The Labute approximate surface area is 182 Å². The molecule has 4 rings (SSSR count). The summed E-state index contributed by atoms with van der Waals surface area (Å²) >= 11 is 3.61.